The first-order chi connectivity index (χ1) is 10.0. The lowest BCUT2D eigenvalue weighted by molar-refractivity contribution is 0.102. The minimum atomic E-state index is -0.282. The number of hydrogen-bond acceptors (Lipinski definition) is 4. The number of nitrogens with zero attached hydrogens (tertiary/aromatic N) is 1. The lowest BCUT2D eigenvalue weighted by atomic mass is 10.2. The van der Waals surface area contributed by atoms with Crippen LogP contribution in [0, 0.1) is 6.92 Å². The molecule has 0 fully saturated rings. The quantitative estimate of drug-likeness (QED) is 0.917. The fraction of sp³-hybridized carbons (Fsp3) is 0.200. The highest BCUT2D eigenvalue weighted by molar-refractivity contribution is 9.10. The van der Waals surface area contributed by atoms with Crippen LogP contribution in [0.15, 0.2) is 34.9 Å². The molecule has 21 heavy (non-hydrogen) atoms. The van der Waals surface area contributed by atoms with E-state index in [2.05, 4.69) is 26.2 Å². The summed E-state index contributed by atoms with van der Waals surface area (Å²) in [4.78, 5) is 16.4. The molecule has 0 saturated heterocycles. The summed E-state index contributed by atoms with van der Waals surface area (Å²) in [6.45, 7) is 1.93. The normalized spacial score (nSPS) is 10.1. The minimum absolute atomic E-state index is 0.282. The SMILES string of the molecule is COc1cc(C(=O)Nc2ccc(C)cn2)cc(OC)c1Br. The maximum atomic E-state index is 12.3. The van der Waals surface area contributed by atoms with Gasteiger partial charge in [0.1, 0.15) is 21.8 Å². The number of carbonyl (C=O) groups is 1. The van der Waals surface area contributed by atoms with Gasteiger partial charge < -0.3 is 14.8 Å². The van der Waals surface area contributed by atoms with E-state index < -0.39 is 0 Å². The van der Waals surface area contributed by atoms with Crippen LogP contribution in [0.4, 0.5) is 5.82 Å². The zero-order chi connectivity index (χ0) is 15.4. The number of carbonyl (C=O) groups excluding carboxylic acids is 1. The van der Waals surface area contributed by atoms with Crippen molar-refractivity contribution < 1.29 is 14.3 Å². The zero-order valence-electron chi connectivity index (χ0n) is 11.9. The first-order valence-electron chi connectivity index (χ1n) is 6.20. The third-order valence-electron chi connectivity index (χ3n) is 2.86. The molecule has 1 N–H and O–H groups in total. The van der Waals surface area contributed by atoms with Crippen molar-refractivity contribution in [2.45, 2.75) is 6.92 Å². The molecule has 5 nitrogen and oxygen atoms in total. The van der Waals surface area contributed by atoms with Gasteiger partial charge in [0.05, 0.1) is 14.2 Å². The van der Waals surface area contributed by atoms with Crippen molar-refractivity contribution in [2.75, 3.05) is 19.5 Å². The van der Waals surface area contributed by atoms with Crippen LogP contribution in [-0.2, 0) is 0 Å². The molecular weight excluding hydrogens is 336 g/mol. The fourth-order valence-electron chi connectivity index (χ4n) is 1.73. The van der Waals surface area contributed by atoms with Crippen LogP contribution < -0.4 is 14.8 Å². The number of ether oxygens (including phenoxy) is 2. The number of aromatic nitrogens is 1. The van der Waals surface area contributed by atoms with Crippen molar-refractivity contribution in [3.63, 3.8) is 0 Å². The zero-order valence-corrected chi connectivity index (χ0v) is 13.5. The Balaban J connectivity index is 2.28. The molecule has 0 radical (unpaired) electrons. The average molecular weight is 351 g/mol. The first kappa shape index (κ1) is 15.3. The number of aryl methyl sites for hydroxylation is 1. The highest BCUT2D eigenvalue weighted by Crippen LogP contribution is 2.35. The van der Waals surface area contributed by atoms with E-state index in [1.807, 2.05) is 13.0 Å². The monoisotopic (exact) mass is 350 g/mol. The molecule has 0 spiro atoms. The molecule has 1 heterocycles. The van der Waals surface area contributed by atoms with Gasteiger partial charge in [-0.3, -0.25) is 4.79 Å². The number of halogens is 1. The van der Waals surface area contributed by atoms with Gasteiger partial charge in [0, 0.05) is 11.8 Å². The largest absolute Gasteiger partial charge is 0.495 e. The molecule has 0 unspecified atom stereocenters. The number of amides is 1. The number of pyridine rings is 1. The molecule has 0 bridgehead atoms. The maximum absolute atomic E-state index is 12.3. The molecular formula is C15H15BrN2O3. The summed E-state index contributed by atoms with van der Waals surface area (Å²) in [5.74, 6) is 1.26. The smallest absolute Gasteiger partial charge is 0.257 e. The maximum Gasteiger partial charge on any atom is 0.257 e. The summed E-state index contributed by atoms with van der Waals surface area (Å²) in [7, 11) is 3.06. The van der Waals surface area contributed by atoms with Crippen LogP contribution in [0.5, 0.6) is 11.5 Å². The van der Waals surface area contributed by atoms with Crippen molar-refractivity contribution in [2.24, 2.45) is 0 Å². The molecule has 110 valence electrons. The molecule has 0 saturated carbocycles. The molecule has 1 amide bonds. The number of nitrogens with one attached hydrogen (secondary N) is 1. The molecule has 1 aromatic heterocycles. The van der Waals surface area contributed by atoms with Crippen LogP contribution >= 0.6 is 15.9 Å². The molecule has 6 heteroatoms. The molecule has 0 aliphatic heterocycles. The van der Waals surface area contributed by atoms with Gasteiger partial charge in [-0.1, -0.05) is 6.07 Å². The van der Waals surface area contributed by atoms with Gasteiger partial charge >= 0.3 is 0 Å². The van der Waals surface area contributed by atoms with E-state index in [1.165, 1.54) is 14.2 Å². The fourth-order valence-corrected chi connectivity index (χ4v) is 2.28. The van der Waals surface area contributed by atoms with E-state index in [4.69, 9.17) is 9.47 Å². The number of hydrogen-bond donors (Lipinski definition) is 1. The summed E-state index contributed by atoms with van der Waals surface area (Å²) in [5.41, 5.74) is 1.45. The molecule has 2 rings (SSSR count). The Morgan fingerprint density at radius 3 is 2.29 bits per heavy atom. The van der Waals surface area contributed by atoms with Gasteiger partial charge in [-0.15, -0.1) is 0 Å². The predicted molar refractivity (Wildman–Crippen MR) is 84.2 cm³/mol. The molecule has 0 aliphatic carbocycles. The lowest BCUT2D eigenvalue weighted by Crippen LogP contribution is -2.13. The number of rotatable bonds is 4. The highest BCUT2D eigenvalue weighted by Gasteiger charge is 2.15. The lowest BCUT2D eigenvalue weighted by Gasteiger charge is -2.11. The number of anilines is 1. The van der Waals surface area contributed by atoms with Crippen molar-refractivity contribution in [1.82, 2.24) is 4.98 Å². The van der Waals surface area contributed by atoms with Gasteiger partial charge in [-0.25, -0.2) is 4.98 Å². The third kappa shape index (κ3) is 3.52. The Bertz CT molecular complexity index is 631. The van der Waals surface area contributed by atoms with Crippen molar-refractivity contribution >= 4 is 27.7 Å². The van der Waals surface area contributed by atoms with Gasteiger partial charge in [0.2, 0.25) is 0 Å². The van der Waals surface area contributed by atoms with E-state index in [0.29, 0.717) is 27.4 Å². The first-order valence-corrected chi connectivity index (χ1v) is 7.00. The topological polar surface area (TPSA) is 60.5 Å². The van der Waals surface area contributed by atoms with E-state index in [-0.39, 0.29) is 5.91 Å². The number of benzene rings is 1. The highest BCUT2D eigenvalue weighted by atomic mass is 79.9. The molecule has 0 aliphatic rings. The van der Waals surface area contributed by atoms with Crippen molar-refractivity contribution in [1.29, 1.82) is 0 Å². The number of methoxy groups -OCH3 is 2. The summed E-state index contributed by atoms with van der Waals surface area (Å²) in [6, 6.07) is 6.90. The predicted octanol–water partition coefficient (Wildman–Crippen LogP) is 3.42. The minimum Gasteiger partial charge on any atom is -0.495 e. The van der Waals surface area contributed by atoms with Crippen LogP contribution in [-0.4, -0.2) is 25.1 Å². The Hall–Kier alpha value is -2.08. The third-order valence-corrected chi connectivity index (χ3v) is 3.64. The van der Waals surface area contributed by atoms with Crippen LogP contribution in [0.3, 0.4) is 0 Å². The van der Waals surface area contributed by atoms with Gasteiger partial charge in [-0.05, 0) is 46.6 Å². The van der Waals surface area contributed by atoms with Crippen LogP contribution in [0.25, 0.3) is 0 Å². The summed E-state index contributed by atoms with van der Waals surface area (Å²) in [5, 5.41) is 2.73. The van der Waals surface area contributed by atoms with E-state index in [1.54, 1.807) is 24.4 Å². The Morgan fingerprint density at radius 1 is 1.19 bits per heavy atom. The van der Waals surface area contributed by atoms with Gasteiger partial charge in [0.25, 0.3) is 5.91 Å². The van der Waals surface area contributed by atoms with E-state index >= 15 is 0 Å². The second kappa shape index (κ2) is 6.58. The molecule has 0 atom stereocenters. The molecule has 2 aromatic rings. The van der Waals surface area contributed by atoms with Gasteiger partial charge in [0.15, 0.2) is 0 Å². The summed E-state index contributed by atoms with van der Waals surface area (Å²) >= 11 is 3.37. The summed E-state index contributed by atoms with van der Waals surface area (Å²) < 4.78 is 11.1. The van der Waals surface area contributed by atoms with E-state index in [0.717, 1.165) is 5.56 Å². The Kier molecular flexibility index (Phi) is 4.80. The van der Waals surface area contributed by atoms with Crippen LogP contribution in [0.1, 0.15) is 15.9 Å². The van der Waals surface area contributed by atoms with Gasteiger partial charge in [-0.2, -0.15) is 0 Å². The second-order valence-electron chi connectivity index (χ2n) is 4.37. The Labute approximate surface area is 131 Å². The van der Waals surface area contributed by atoms with Crippen LogP contribution in [0.2, 0.25) is 0 Å². The standard InChI is InChI=1S/C15H15BrN2O3/c1-9-4-5-13(17-8-9)18-15(19)10-6-11(20-2)14(16)12(7-10)21-3/h4-8H,1-3H3,(H,17,18,19). The Morgan fingerprint density at radius 2 is 1.81 bits per heavy atom. The second-order valence-corrected chi connectivity index (χ2v) is 5.16. The van der Waals surface area contributed by atoms with E-state index in [9.17, 15) is 4.79 Å². The summed E-state index contributed by atoms with van der Waals surface area (Å²) in [6.07, 6.45) is 1.69. The molecule has 1 aromatic carbocycles. The van der Waals surface area contributed by atoms with Crippen molar-refractivity contribution in [3.05, 3.63) is 46.1 Å². The van der Waals surface area contributed by atoms with Crippen molar-refractivity contribution in [3.8, 4) is 11.5 Å². The average Bonchev–Trinajstić information content (AvgIpc) is 2.49.